The quantitative estimate of drug-likeness (QED) is 0.0525. The van der Waals surface area contributed by atoms with Gasteiger partial charge in [-0.15, -0.1) is 11.5 Å². The first-order chi connectivity index (χ1) is 33.3. The number of aryl methyl sites for hydroxylation is 1. The summed E-state index contributed by atoms with van der Waals surface area (Å²) < 4.78 is 18.8. The van der Waals surface area contributed by atoms with Gasteiger partial charge in [-0.1, -0.05) is 182 Å². The number of phenolic OH excluding ortho intramolecular Hbond substituents is 3. The molecule has 0 aromatic heterocycles. The van der Waals surface area contributed by atoms with Crippen molar-refractivity contribution in [2.24, 2.45) is 0 Å². The molecule has 0 aliphatic carbocycles. The van der Waals surface area contributed by atoms with Crippen LogP contribution in [-0.2, 0) is 66.4 Å². The van der Waals surface area contributed by atoms with Crippen LogP contribution in [0.5, 0.6) is 17.2 Å². The number of ether oxygens (including phenoxy) is 1. The molecule has 0 heterocycles. The fourth-order valence-electron chi connectivity index (χ4n) is 8.96. The number of hydrogen-bond acceptors (Lipinski definition) is 9. The van der Waals surface area contributed by atoms with Crippen LogP contribution in [0.4, 0.5) is 0 Å². The van der Waals surface area contributed by atoms with Crippen LogP contribution in [0.25, 0.3) is 11.1 Å². The molecule has 1 atom stereocenters. The zero-order valence-electron chi connectivity index (χ0n) is 49.0. The van der Waals surface area contributed by atoms with Gasteiger partial charge in [0.15, 0.2) is 0 Å². The fourth-order valence-corrected chi connectivity index (χ4v) is 10.4. The van der Waals surface area contributed by atoms with E-state index in [1.165, 1.54) is 0 Å². The van der Waals surface area contributed by atoms with E-state index in [1.54, 1.807) is 0 Å². The second-order valence-electron chi connectivity index (χ2n) is 26.3. The number of rotatable bonds is 19. The summed E-state index contributed by atoms with van der Waals surface area (Å²) >= 11 is -2.30. The molecule has 408 valence electrons. The zero-order chi connectivity index (χ0) is 55.8. The number of carbonyl (C=O) groups is 3. The van der Waals surface area contributed by atoms with E-state index in [0.29, 0.717) is 24.0 Å². The number of phenols is 3. The summed E-state index contributed by atoms with van der Waals surface area (Å²) in [6, 6.07) is 11.7. The zero-order valence-corrected chi connectivity index (χ0v) is 49.9. The van der Waals surface area contributed by atoms with E-state index in [-0.39, 0.29) is 53.9 Å². The van der Waals surface area contributed by atoms with Crippen LogP contribution in [0.15, 0.2) is 48.6 Å². The van der Waals surface area contributed by atoms with Gasteiger partial charge in [-0.25, -0.2) is 9.59 Å². The number of thiol groups is 1. The first-order valence-corrected chi connectivity index (χ1v) is 27.9. The van der Waals surface area contributed by atoms with Crippen molar-refractivity contribution in [3.8, 4) is 17.2 Å². The van der Waals surface area contributed by atoms with Crippen molar-refractivity contribution in [3.63, 3.8) is 0 Å². The van der Waals surface area contributed by atoms with Gasteiger partial charge in [0.2, 0.25) is 0 Å². The SMILES string of the molecule is CC=C(CC(=O)O[SH](OC(=O)CC(=CC)c1cc(C(C)(C)C)c(O)c(C(C)(C)C)c1)C(CCCCCC)COC(=O)CCc1cc(C(C)(C)C)c(O)c(C(C)(C)C)c1)c1cc(C(C)(C)C)c(O)c(C(C)(C)C)c1. The predicted octanol–water partition coefficient (Wildman–Crippen LogP) is 16.3. The Labute approximate surface area is 444 Å². The summed E-state index contributed by atoms with van der Waals surface area (Å²) in [6.45, 7) is 42.6. The van der Waals surface area contributed by atoms with Crippen molar-refractivity contribution >= 4 is 40.5 Å². The van der Waals surface area contributed by atoms with Crippen LogP contribution in [0.3, 0.4) is 0 Å². The molecular formula is C63H96O9S. The van der Waals surface area contributed by atoms with E-state index in [0.717, 1.165) is 75.8 Å². The van der Waals surface area contributed by atoms with Gasteiger partial charge in [0.25, 0.3) is 0 Å². The van der Waals surface area contributed by atoms with Gasteiger partial charge in [-0.3, -0.25) is 4.79 Å². The first kappa shape index (κ1) is 62.6. The Morgan fingerprint density at radius 2 is 0.836 bits per heavy atom. The third-order valence-corrected chi connectivity index (χ3v) is 15.2. The number of carbonyl (C=O) groups excluding carboxylic acids is 3. The lowest BCUT2D eigenvalue weighted by atomic mass is 9.77. The van der Waals surface area contributed by atoms with Gasteiger partial charge >= 0.3 is 17.9 Å². The molecule has 3 aromatic carbocycles. The molecule has 3 aromatic rings. The smallest absolute Gasteiger partial charge is 0.333 e. The van der Waals surface area contributed by atoms with Crippen molar-refractivity contribution in [1.82, 2.24) is 0 Å². The Morgan fingerprint density at radius 1 is 0.507 bits per heavy atom. The van der Waals surface area contributed by atoms with Crippen molar-refractivity contribution in [2.45, 2.75) is 241 Å². The summed E-state index contributed by atoms with van der Waals surface area (Å²) in [4.78, 5) is 42.7. The molecule has 3 N–H and O–H groups in total. The molecule has 73 heavy (non-hydrogen) atoms. The van der Waals surface area contributed by atoms with Crippen molar-refractivity contribution in [2.75, 3.05) is 6.61 Å². The van der Waals surface area contributed by atoms with Crippen LogP contribution >= 0.6 is 11.5 Å². The second kappa shape index (κ2) is 24.8. The van der Waals surface area contributed by atoms with Gasteiger partial charge in [-0.2, -0.15) is 0 Å². The molecule has 0 saturated carbocycles. The van der Waals surface area contributed by atoms with E-state index >= 15 is 0 Å². The third kappa shape index (κ3) is 17.7. The molecule has 0 spiro atoms. The fraction of sp³-hybridized carbons (Fsp3) is 0.603. The average molecular weight is 1030 g/mol. The molecule has 3 rings (SSSR count). The topological polar surface area (TPSA) is 140 Å². The molecule has 10 heteroatoms. The van der Waals surface area contributed by atoms with Crippen LogP contribution in [0.1, 0.15) is 247 Å². The lowest BCUT2D eigenvalue weighted by Gasteiger charge is -2.33. The van der Waals surface area contributed by atoms with Crippen molar-refractivity contribution < 1.29 is 42.8 Å². The van der Waals surface area contributed by atoms with Crippen LogP contribution < -0.4 is 0 Å². The number of allylic oxidation sites excluding steroid dienone is 2. The average Bonchev–Trinajstić information content (AvgIpc) is 3.24. The maximum Gasteiger partial charge on any atom is 0.333 e. The summed E-state index contributed by atoms with van der Waals surface area (Å²) in [5, 5.41) is 33.7. The monoisotopic (exact) mass is 1030 g/mol. The van der Waals surface area contributed by atoms with Gasteiger partial charge in [-0.05, 0) is 122 Å². The summed E-state index contributed by atoms with van der Waals surface area (Å²) in [6.07, 6.45) is 8.05. The maximum atomic E-state index is 14.5. The Morgan fingerprint density at radius 3 is 1.14 bits per heavy atom. The van der Waals surface area contributed by atoms with Crippen LogP contribution in [-0.4, -0.2) is 45.1 Å². The summed E-state index contributed by atoms with van der Waals surface area (Å²) in [5.74, 6) is -0.868. The molecule has 1 unspecified atom stereocenters. The number of unbranched alkanes of at least 4 members (excludes halogenated alkanes) is 3. The standard InChI is InChI=1S/C63H96O9S/c1-22-25-26-27-28-45(39-70-52(64)30-29-40-31-46(58(4,5)6)55(67)47(32-40)59(7,8)9)73(71-53(65)37-41(23-2)43-33-48(60(10,11)12)56(68)49(34-43)61(13,14)15)72-54(66)38-42(24-3)44-35-50(62(16,17)18)57(69)51(36-44)63(19,20)21/h23-24,31-36,45,67-69,73H,22,25-30,37-39H2,1-21H3. The second-order valence-corrected chi connectivity index (χ2v) is 27.9. The Kier molecular flexibility index (Phi) is 21.2. The molecule has 0 radical (unpaired) electrons. The Bertz CT molecular complexity index is 2250. The highest BCUT2D eigenvalue weighted by Gasteiger charge is 2.32. The number of hydrogen-bond donors (Lipinski definition) is 4. The number of esters is 1. The third-order valence-electron chi connectivity index (χ3n) is 13.5. The molecule has 0 amide bonds. The maximum absolute atomic E-state index is 14.5. The molecule has 0 bridgehead atoms. The predicted molar refractivity (Wildman–Crippen MR) is 306 cm³/mol. The molecule has 0 fully saturated rings. The normalized spacial score (nSPS) is 14.5. The van der Waals surface area contributed by atoms with Gasteiger partial charge in [0.1, 0.15) is 29.1 Å². The van der Waals surface area contributed by atoms with Gasteiger partial charge in [0.05, 0.1) is 12.8 Å². The summed E-state index contributed by atoms with van der Waals surface area (Å²) in [7, 11) is 0. The minimum Gasteiger partial charge on any atom is -0.507 e. The highest BCUT2D eigenvalue weighted by molar-refractivity contribution is 8.09. The van der Waals surface area contributed by atoms with Crippen LogP contribution in [0, 0.1) is 0 Å². The lowest BCUT2D eigenvalue weighted by Crippen LogP contribution is -2.25. The first-order valence-electron chi connectivity index (χ1n) is 26.6. The van der Waals surface area contributed by atoms with Crippen LogP contribution in [0.2, 0.25) is 0 Å². The van der Waals surface area contributed by atoms with Crippen molar-refractivity contribution in [1.29, 1.82) is 0 Å². The van der Waals surface area contributed by atoms with Crippen molar-refractivity contribution in [3.05, 3.63) is 98.6 Å². The molecule has 0 aliphatic heterocycles. The molecule has 0 saturated heterocycles. The molecule has 9 nitrogen and oxygen atoms in total. The van der Waals surface area contributed by atoms with Gasteiger partial charge < -0.3 is 28.4 Å². The number of benzene rings is 3. The van der Waals surface area contributed by atoms with E-state index in [9.17, 15) is 29.7 Å². The largest absolute Gasteiger partial charge is 0.507 e. The molecule has 0 aliphatic rings. The van der Waals surface area contributed by atoms with E-state index in [1.807, 2.05) is 145 Å². The highest BCUT2D eigenvalue weighted by Crippen LogP contribution is 2.46. The van der Waals surface area contributed by atoms with Gasteiger partial charge in [0, 0.05) is 28.7 Å². The van der Waals surface area contributed by atoms with E-state index in [2.05, 4.69) is 48.5 Å². The minimum absolute atomic E-state index is 0.0762. The van der Waals surface area contributed by atoms with E-state index in [4.69, 9.17) is 13.1 Å². The molecular weight excluding hydrogens is 933 g/mol. The summed E-state index contributed by atoms with van der Waals surface area (Å²) in [5.41, 5.74) is 6.32. The minimum atomic E-state index is -2.30. The lowest BCUT2D eigenvalue weighted by molar-refractivity contribution is -0.143. The Hall–Kier alpha value is -4.70. The van der Waals surface area contributed by atoms with E-state index < -0.39 is 56.3 Å². The number of aromatic hydroxyl groups is 3. The Balaban J connectivity index is 2.10. The highest BCUT2D eigenvalue weighted by atomic mass is 32.2.